The highest BCUT2D eigenvalue weighted by atomic mass is 19.1. The fourth-order valence-electron chi connectivity index (χ4n) is 2.04. The summed E-state index contributed by atoms with van der Waals surface area (Å²) >= 11 is 0. The number of ketones is 1. The van der Waals surface area contributed by atoms with Crippen molar-refractivity contribution in [3.8, 4) is 11.8 Å². The lowest BCUT2D eigenvalue weighted by Gasteiger charge is -2.12. The van der Waals surface area contributed by atoms with Crippen LogP contribution in [0.1, 0.15) is 21.8 Å². The standard InChI is InChI=1S/C16H11F2NO2/c1-21-15-5-3-2-4-13(15)14(9-19)16(20)10-6-11(17)8-12(18)7-10/h2-8,14H,1H3. The lowest BCUT2D eigenvalue weighted by atomic mass is 9.91. The van der Waals surface area contributed by atoms with Crippen LogP contribution in [0.4, 0.5) is 8.78 Å². The van der Waals surface area contributed by atoms with Gasteiger partial charge in [0.05, 0.1) is 13.2 Å². The van der Waals surface area contributed by atoms with Gasteiger partial charge in [0.1, 0.15) is 23.3 Å². The van der Waals surface area contributed by atoms with E-state index in [1.165, 1.54) is 7.11 Å². The van der Waals surface area contributed by atoms with Crippen molar-refractivity contribution in [2.45, 2.75) is 5.92 Å². The zero-order valence-electron chi connectivity index (χ0n) is 11.1. The van der Waals surface area contributed by atoms with Gasteiger partial charge in [0, 0.05) is 17.2 Å². The van der Waals surface area contributed by atoms with Gasteiger partial charge in [0.15, 0.2) is 5.78 Å². The van der Waals surface area contributed by atoms with Gasteiger partial charge in [0.25, 0.3) is 0 Å². The molecule has 2 aromatic rings. The molecule has 0 amide bonds. The molecule has 1 unspecified atom stereocenters. The number of rotatable bonds is 4. The Bertz CT molecular complexity index is 702. The molecule has 0 radical (unpaired) electrons. The second-order valence-electron chi connectivity index (χ2n) is 4.33. The Morgan fingerprint density at radius 1 is 1.19 bits per heavy atom. The summed E-state index contributed by atoms with van der Waals surface area (Å²) in [7, 11) is 1.42. The number of benzene rings is 2. The maximum absolute atomic E-state index is 13.2. The van der Waals surface area contributed by atoms with E-state index < -0.39 is 23.3 Å². The fraction of sp³-hybridized carbons (Fsp3) is 0.125. The Kier molecular flexibility index (Phi) is 4.29. The maximum Gasteiger partial charge on any atom is 0.184 e. The number of halogens is 2. The molecule has 5 heteroatoms. The highest BCUT2D eigenvalue weighted by Gasteiger charge is 2.25. The zero-order chi connectivity index (χ0) is 15.4. The van der Waals surface area contributed by atoms with Crippen LogP contribution >= 0.6 is 0 Å². The van der Waals surface area contributed by atoms with Crippen molar-refractivity contribution >= 4 is 5.78 Å². The van der Waals surface area contributed by atoms with Crippen molar-refractivity contribution in [3.63, 3.8) is 0 Å². The molecular formula is C16H11F2NO2. The number of carbonyl (C=O) groups is 1. The van der Waals surface area contributed by atoms with Crippen LogP contribution in [-0.4, -0.2) is 12.9 Å². The first-order valence-corrected chi connectivity index (χ1v) is 6.09. The van der Waals surface area contributed by atoms with Gasteiger partial charge in [-0.25, -0.2) is 8.78 Å². The molecule has 0 aliphatic carbocycles. The van der Waals surface area contributed by atoms with E-state index in [-0.39, 0.29) is 5.56 Å². The summed E-state index contributed by atoms with van der Waals surface area (Å²) in [6, 6.07) is 10.9. The molecule has 0 saturated carbocycles. The number of carbonyl (C=O) groups excluding carboxylic acids is 1. The van der Waals surface area contributed by atoms with Gasteiger partial charge in [-0.15, -0.1) is 0 Å². The van der Waals surface area contributed by atoms with Gasteiger partial charge in [-0.3, -0.25) is 4.79 Å². The molecule has 0 heterocycles. The van der Waals surface area contributed by atoms with E-state index in [1.807, 2.05) is 6.07 Å². The van der Waals surface area contributed by atoms with Gasteiger partial charge in [-0.05, 0) is 18.2 Å². The first-order chi connectivity index (χ1) is 10.1. The molecule has 0 N–H and O–H groups in total. The van der Waals surface area contributed by atoms with E-state index in [9.17, 15) is 18.8 Å². The molecule has 0 aromatic heterocycles. The van der Waals surface area contributed by atoms with Crippen LogP contribution in [0.15, 0.2) is 42.5 Å². The summed E-state index contributed by atoms with van der Waals surface area (Å²) in [5.41, 5.74) is 0.169. The molecule has 0 aliphatic rings. The summed E-state index contributed by atoms with van der Waals surface area (Å²) in [4.78, 5) is 12.3. The zero-order valence-corrected chi connectivity index (χ0v) is 11.1. The average Bonchev–Trinajstić information content (AvgIpc) is 2.47. The van der Waals surface area contributed by atoms with Crippen LogP contribution in [0.25, 0.3) is 0 Å². The average molecular weight is 287 g/mol. The van der Waals surface area contributed by atoms with Crippen LogP contribution in [0.5, 0.6) is 5.75 Å². The number of Topliss-reactive ketones (excluding diaryl/α,β-unsaturated/α-hetero) is 1. The summed E-state index contributed by atoms with van der Waals surface area (Å²) in [6.07, 6.45) is 0. The summed E-state index contributed by atoms with van der Waals surface area (Å²) in [5, 5.41) is 9.26. The van der Waals surface area contributed by atoms with E-state index in [4.69, 9.17) is 4.74 Å². The fourth-order valence-corrected chi connectivity index (χ4v) is 2.04. The highest BCUT2D eigenvalue weighted by Crippen LogP contribution is 2.29. The Balaban J connectivity index is 2.46. The van der Waals surface area contributed by atoms with Crippen LogP contribution in [0.2, 0.25) is 0 Å². The maximum atomic E-state index is 13.2. The lowest BCUT2D eigenvalue weighted by Crippen LogP contribution is -2.13. The quantitative estimate of drug-likeness (QED) is 0.809. The Hall–Kier alpha value is -2.74. The molecule has 3 nitrogen and oxygen atoms in total. The summed E-state index contributed by atoms with van der Waals surface area (Å²) in [6.45, 7) is 0. The van der Waals surface area contributed by atoms with Crippen molar-refractivity contribution in [1.29, 1.82) is 5.26 Å². The number of methoxy groups -OCH3 is 1. The molecule has 0 saturated heterocycles. The van der Waals surface area contributed by atoms with Crippen molar-refractivity contribution in [2.24, 2.45) is 0 Å². The number of hydrogen-bond acceptors (Lipinski definition) is 3. The highest BCUT2D eigenvalue weighted by molar-refractivity contribution is 6.03. The van der Waals surface area contributed by atoms with E-state index >= 15 is 0 Å². The van der Waals surface area contributed by atoms with Gasteiger partial charge in [0.2, 0.25) is 0 Å². The summed E-state index contributed by atoms with van der Waals surface area (Å²) < 4.78 is 31.5. The van der Waals surface area contributed by atoms with Crippen molar-refractivity contribution < 1.29 is 18.3 Å². The number of para-hydroxylation sites is 1. The molecule has 21 heavy (non-hydrogen) atoms. The summed E-state index contributed by atoms with van der Waals surface area (Å²) in [5.74, 6) is -3.23. The van der Waals surface area contributed by atoms with Crippen LogP contribution in [0, 0.1) is 23.0 Å². The number of nitrogens with zero attached hydrogens (tertiary/aromatic N) is 1. The molecule has 0 bridgehead atoms. The second-order valence-corrected chi connectivity index (χ2v) is 4.33. The third-order valence-corrected chi connectivity index (χ3v) is 2.99. The molecular weight excluding hydrogens is 276 g/mol. The molecule has 2 aromatic carbocycles. The van der Waals surface area contributed by atoms with Crippen molar-refractivity contribution in [3.05, 3.63) is 65.2 Å². The first kappa shape index (κ1) is 14.7. The van der Waals surface area contributed by atoms with Gasteiger partial charge < -0.3 is 4.74 Å². The monoisotopic (exact) mass is 287 g/mol. The topological polar surface area (TPSA) is 50.1 Å². The normalized spacial score (nSPS) is 11.5. The smallest absolute Gasteiger partial charge is 0.184 e. The lowest BCUT2D eigenvalue weighted by molar-refractivity contribution is 0.0977. The minimum Gasteiger partial charge on any atom is -0.496 e. The molecule has 0 spiro atoms. The van der Waals surface area contributed by atoms with Crippen LogP contribution in [0.3, 0.4) is 0 Å². The van der Waals surface area contributed by atoms with E-state index in [2.05, 4.69) is 0 Å². The third kappa shape index (κ3) is 3.06. The van der Waals surface area contributed by atoms with Gasteiger partial charge >= 0.3 is 0 Å². The number of hydrogen-bond donors (Lipinski definition) is 0. The van der Waals surface area contributed by atoms with Crippen molar-refractivity contribution in [2.75, 3.05) is 7.11 Å². The minimum atomic E-state index is -1.19. The van der Waals surface area contributed by atoms with Crippen molar-refractivity contribution in [1.82, 2.24) is 0 Å². The Labute approximate surface area is 120 Å². The van der Waals surface area contributed by atoms with Gasteiger partial charge in [-0.1, -0.05) is 18.2 Å². The van der Waals surface area contributed by atoms with E-state index in [1.54, 1.807) is 24.3 Å². The van der Waals surface area contributed by atoms with Gasteiger partial charge in [-0.2, -0.15) is 5.26 Å². The van der Waals surface area contributed by atoms with E-state index in [0.29, 0.717) is 17.4 Å². The van der Waals surface area contributed by atoms with Crippen LogP contribution in [-0.2, 0) is 0 Å². The largest absolute Gasteiger partial charge is 0.496 e. The minimum absolute atomic E-state index is 0.190. The molecule has 2 rings (SSSR count). The Morgan fingerprint density at radius 3 is 2.38 bits per heavy atom. The van der Waals surface area contributed by atoms with Crippen LogP contribution < -0.4 is 4.74 Å². The third-order valence-electron chi connectivity index (χ3n) is 2.99. The number of ether oxygens (including phenoxy) is 1. The first-order valence-electron chi connectivity index (χ1n) is 6.09. The van der Waals surface area contributed by atoms with E-state index in [0.717, 1.165) is 12.1 Å². The molecule has 106 valence electrons. The predicted molar refractivity (Wildman–Crippen MR) is 72.0 cm³/mol. The Morgan fingerprint density at radius 2 is 1.81 bits per heavy atom. The molecule has 0 fully saturated rings. The molecule has 0 aliphatic heterocycles. The number of nitriles is 1. The molecule has 1 atom stereocenters. The SMILES string of the molecule is COc1ccccc1C(C#N)C(=O)c1cc(F)cc(F)c1. The predicted octanol–water partition coefficient (Wildman–Crippen LogP) is 3.46. The second kappa shape index (κ2) is 6.14.